The minimum absolute atomic E-state index is 0.0118. The van der Waals surface area contributed by atoms with Crippen LogP contribution in [0.1, 0.15) is 138 Å². The zero-order valence-corrected chi connectivity index (χ0v) is 87.5. The number of unbranched alkanes of at least 4 members (excludes halogenated alkanes) is 6. The Balaban J connectivity index is 0.000000272. The van der Waals surface area contributed by atoms with Crippen LogP contribution in [-0.4, -0.2) is 249 Å². The van der Waals surface area contributed by atoms with Crippen molar-refractivity contribution in [3.05, 3.63) is 296 Å². The van der Waals surface area contributed by atoms with E-state index in [4.69, 9.17) is 188 Å². The average molecular weight is 2220 g/mol. The number of hydrogen-bond acceptors (Lipinski definition) is 30. The van der Waals surface area contributed by atoms with Crippen LogP contribution >= 0.6 is 92.8 Å². The number of halogens is 8. The van der Waals surface area contributed by atoms with E-state index in [0.717, 1.165) is 44.5 Å². The highest BCUT2D eigenvalue weighted by molar-refractivity contribution is 6.68. The molecule has 0 radical (unpaired) electrons. The number of hydrogen-bond donors (Lipinski definition) is 3. The maximum absolute atomic E-state index is 14.2. The van der Waals surface area contributed by atoms with Crippen molar-refractivity contribution in [2.24, 2.45) is 10.2 Å². The summed E-state index contributed by atoms with van der Waals surface area (Å²) >= 11 is 45.8. The van der Waals surface area contributed by atoms with Crippen molar-refractivity contribution in [3.8, 4) is 11.1 Å². The molecule has 4 saturated heterocycles. The summed E-state index contributed by atoms with van der Waals surface area (Å²) in [4.78, 5) is 97.9. The zero-order chi connectivity index (χ0) is 106. The molecule has 4 fully saturated rings. The van der Waals surface area contributed by atoms with Gasteiger partial charge in [0.15, 0.2) is 43.5 Å². The molecular weight excluding hydrogens is 2100 g/mol. The quantitative estimate of drug-likeness (QED) is 0.00606. The van der Waals surface area contributed by atoms with Gasteiger partial charge in [0.25, 0.3) is 0 Å². The van der Waals surface area contributed by atoms with E-state index < -0.39 is 211 Å². The summed E-state index contributed by atoms with van der Waals surface area (Å²) in [7, 11) is 0. The van der Waals surface area contributed by atoms with Gasteiger partial charge in [0.1, 0.15) is 112 Å². The van der Waals surface area contributed by atoms with Crippen molar-refractivity contribution < 1.29 is 133 Å². The lowest BCUT2D eigenvalue weighted by Gasteiger charge is -2.49. The number of alkyl halides is 8. The maximum Gasteiger partial charge on any atom is 0.508 e. The summed E-state index contributed by atoms with van der Waals surface area (Å²) in [5.41, 5.74) is 27.8. The predicted molar refractivity (Wildman–Crippen MR) is 550 cm³/mol. The Hall–Kier alpha value is -10.1. The van der Waals surface area contributed by atoms with Gasteiger partial charge in [0, 0.05) is 42.0 Å². The summed E-state index contributed by atoms with van der Waals surface area (Å²) in [5.74, 6) is -4.24. The zero-order valence-electron chi connectivity index (χ0n) is 81.4. The Labute approximate surface area is 902 Å². The molecule has 1 aliphatic carbocycles. The van der Waals surface area contributed by atoms with Gasteiger partial charge in [-0.15, -0.1) is 23.2 Å². The molecule has 3 N–H and O–H groups in total. The molecule has 13 rings (SSSR count). The first kappa shape index (κ1) is 118. The molecule has 4 aliphatic heterocycles. The number of carbonyl (C=O) groups is 7. The van der Waals surface area contributed by atoms with Crippen LogP contribution in [0.4, 0.5) is 14.4 Å². The number of nitrogens with zero attached hydrogens (tertiary/aromatic N) is 6. The molecule has 0 bridgehead atoms. The predicted octanol–water partition coefficient (Wildman–Crippen LogP) is 20.2. The molecule has 5 aliphatic rings. The van der Waals surface area contributed by atoms with Crippen molar-refractivity contribution >= 4 is 135 Å². The van der Waals surface area contributed by atoms with Gasteiger partial charge in [0.05, 0.1) is 49.8 Å². The highest BCUT2D eigenvalue weighted by Crippen LogP contribution is 2.46. The molecular formula is C105H118Cl8N8O28. The van der Waals surface area contributed by atoms with E-state index in [9.17, 15) is 49.7 Å². The molecule has 8 aromatic rings. The van der Waals surface area contributed by atoms with Crippen LogP contribution in [0.3, 0.4) is 0 Å². The first-order chi connectivity index (χ1) is 72.2. The molecule has 0 saturated carbocycles. The largest absolute Gasteiger partial charge is 0.508 e. The Bertz CT molecular complexity index is 5510. The molecule has 20 unspecified atom stereocenters. The Kier molecular flexibility index (Phi) is 48.5. The summed E-state index contributed by atoms with van der Waals surface area (Å²) in [6.45, 7) is 2.66. The first-order valence-electron chi connectivity index (χ1n) is 48.7. The summed E-state index contributed by atoms with van der Waals surface area (Å²) in [5, 5.41) is 24.9. The summed E-state index contributed by atoms with van der Waals surface area (Å²) in [6.07, 6.45) is -19.6. The monoisotopic (exact) mass is 2220 g/mol. The van der Waals surface area contributed by atoms with Gasteiger partial charge < -0.3 is 110 Å². The number of benzene rings is 8. The van der Waals surface area contributed by atoms with Crippen molar-refractivity contribution in [1.82, 2.24) is 10.6 Å². The minimum atomic E-state index is -1.74. The fourth-order valence-corrected chi connectivity index (χ4v) is 17.7. The van der Waals surface area contributed by atoms with Crippen LogP contribution in [-0.2, 0) is 131 Å². The fraction of sp³-hybridized carbons (Fsp3) is 0.476. The normalized spacial score (nSPS) is 23.9. The van der Waals surface area contributed by atoms with Crippen molar-refractivity contribution in [1.29, 1.82) is 0 Å². The van der Waals surface area contributed by atoms with Crippen molar-refractivity contribution in [3.63, 3.8) is 0 Å². The number of ether oxygens (including phenoxy) is 20. The van der Waals surface area contributed by atoms with E-state index >= 15 is 0 Å². The summed E-state index contributed by atoms with van der Waals surface area (Å²) in [6, 6.07) is 66.7. The molecule has 0 spiro atoms. The van der Waals surface area contributed by atoms with Gasteiger partial charge in [-0.3, -0.25) is 9.59 Å². The number of rotatable bonds is 51. The highest BCUT2D eigenvalue weighted by atomic mass is 35.6. The number of aliphatic hydroxyl groups excluding tert-OH is 1. The molecule has 44 heteroatoms. The van der Waals surface area contributed by atoms with Gasteiger partial charge in [-0.05, 0) is 118 Å². The van der Waals surface area contributed by atoms with Crippen LogP contribution in [0.2, 0.25) is 0 Å². The van der Waals surface area contributed by atoms with Crippen LogP contribution in [0, 0.1) is 0 Å². The second-order valence-electron chi connectivity index (χ2n) is 34.9. The van der Waals surface area contributed by atoms with Gasteiger partial charge in [-0.25, -0.2) is 24.0 Å². The topological polar surface area (TPSA) is 446 Å². The Morgan fingerprint density at radius 1 is 0.369 bits per heavy atom. The van der Waals surface area contributed by atoms with Crippen molar-refractivity contribution in [2.75, 3.05) is 71.1 Å². The maximum atomic E-state index is 14.2. The van der Waals surface area contributed by atoms with E-state index in [1.165, 1.54) is 0 Å². The number of azide groups is 2. The molecule has 149 heavy (non-hydrogen) atoms. The number of carbonyl (C=O) groups excluding carboxylic acids is 7. The number of esters is 4. The van der Waals surface area contributed by atoms with Gasteiger partial charge in [0.2, 0.25) is 7.59 Å². The van der Waals surface area contributed by atoms with Crippen molar-refractivity contribution in [2.45, 2.75) is 241 Å². The Morgan fingerprint density at radius 2 is 0.718 bits per heavy atom. The number of fused-ring (bicyclic) bond motifs is 3. The Morgan fingerprint density at radius 3 is 1.10 bits per heavy atom. The number of nitrogens with one attached hydrogen (secondary N) is 2. The van der Waals surface area contributed by atoms with Gasteiger partial charge >= 0.3 is 42.2 Å². The summed E-state index contributed by atoms with van der Waals surface area (Å²) < 4.78 is 121. The van der Waals surface area contributed by atoms with Crippen LogP contribution in [0.25, 0.3) is 32.0 Å². The third-order valence-electron chi connectivity index (χ3n) is 24.4. The van der Waals surface area contributed by atoms with E-state index in [0.29, 0.717) is 70.9 Å². The molecule has 4 heterocycles. The third kappa shape index (κ3) is 36.8. The van der Waals surface area contributed by atoms with E-state index in [1.54, 1.807) is 60.7 Å². The van der Waals surface area contributed by atoms with E-state index in [1.807, 2.05) is 184 Å². The fourth-order valence-electron chi connectivity index (χ4n) is 17.2. The lowest BCUT2D eigenvalue weighted by Crippen LogP contribution is -2.66. The van der Waals surface area contributed by atoms with Gasteiger partial charge in [-0.2, -0.15) is 0 Å². The van der Waals surface area contributed by atoms with E-state index in [2.05, 4.69) is 30.7 Å². The highest BCUT2D eigenvalue weighted by Gasteiger charge is 2.58. The van der Waals surface area contributed by atoms with Crippen LogP contribution in [0.15, 0.2) is 241 Å². The smallest absolute Gasteiger partial charge is 0.462 e. The van der Waals surface area contributed by atoms with Crippen LogP contribution in [0.5, 0.6) is 0 Å². The second kappa shape index (κ2) is 61.5. The lowest BCUT2D eigenvalue weighted by molar-refractivity contribution is -0.351. The SMILES string of the molecule is CCC1OC(OC2C(COC(=O)CCl)OC(OCCCCCCNC(=O)OCC(Cl)(Cl)Cl)C(OC(=O)c3ccccc3)C2OCc2ccccc2)C(N=[N+]=[N-])C(OCc2ccccc2)C1O.CCC1OC(OC2C(COC(=O)CCl)OC(OCCCCCCNC(=O)OCC(Cl)(Cl)Cl)C(OC(=O)c3ccccc3)C2OCc2ccccc2)C(N=[N+]=[N-])C(OCc2ccccc2)C1OC(=O)OCC1c2ccccc2-c2ccccc21. The molecule has 20 atom stereocenters. The average Bonchev–Trinajstić information content (AvgIpc) is 1.28. The molecule has 2 amide bonds. The molecule has 36 nitrogen and oxygen atoms in total. The first-order valence-corrected chi connectivity index (χ1v) is 52.0. The number of alkyl carbamates (subject to hydrolysis) is 2. The second-order valence-corrected chi connectivity index (χ2v) is 40.5. The third-order valence-corrected chi connectivity index (χ3v) is 25.5. The minimum Gasteiger partial charge on any atom is -0.462 e. The van der Waals surface area contributed by atoms with Crippen LogP contribution < -0.4 is 10.6 Å². The molecule has 8 aromatic carbocycles. The molecule has 802 valence electrons. The van der Waals surface area contributed by atoms with E-state index in [-0.39, 0.29) is 69.7 Å². The van der Waals surface area contributed by atoms with Gasteiger partial charge in [-0.1, -0.05) is 326 Å². The standard InChI is InChI=1S/C60H64Cl4N4O15.C45H54Cl4N4O13/c1-2-46-50(83-59(72)77-35-45-43-28-16-14-26-41(43)42-27-15-17-29-44(42)45)52(75-33-38-20-8-5-9-21-38)49(67-68-65)56(79-46)82-51-47(36-74-48(69)32-61)80-57(73-31-19-4-3-18-30-66-58(71)78-37-60(62,63)64)54(81-55(70)40-24-12-7-13-25-40)53(51)76-34-39-22-10-6-11-23-39;1-2-32-36(55)38(60-25-29-16-8-5-9-17-29)35(52-53-50)42(63-32)66-37-33(27-59-34(54)24-46)64-43(58-23-15-4-3-14-22-51-44(57)62-28-45(47,48)49)40(65-41(56)31-20-12-7-13-21-31)39(37)61-26-30-18-10-6-11-19-30/h5-17,20-29,45-47,49-54,56-57H,2-4,18-19,30-37H2,1H3,(H,66,71);5-13,16-21,32-33,35-40,42-43,55H,2-4,14-15,22-28H2,1H3,(H,51,57). The molecule has 0 aromatic heterocycles. The number of amides is 2. The number of aliphatic hydroxyl groups is 1. The lowest BCUT2D eigenvalue weighted by atomic mass is 9.94.